The molecule has 1 aliphatic heterocycles. The summed E-state index contributed by atoms with van der Waals surface area (Å²) in [6, 6.07) is 12.3. The van der Waals surface area contributed by atoms with Gasteiger partial charge in [0, 0.05) is 17.5 Å². The minimum absolute atomic E-state index is 0.0590. The molecule has 0 saturated carbocycles. The fraction of sp³-hybridized carbons (Fsp3) is 0.300. The SMILES string of the molecule is CC[C@@H](C)NC(=O)c1ccccc1NC(=O)[C@@H]1Cc2cc(Cl)ccc2O1. The molecule has 5 nitrogen and oxygen atoms in total. The second-order valence-corrected chi connectivity index (χ2v) is 6.82. The van der Waals surface area contributed by atoms with Crippen LogP contribution in [0.1, 0.15) is 36.2 Å². The van der Waals surface area contributed by atoms with Gasteiger partial charge in [-0.15, -0.1) is 0 Å². The van der Waals surface area contributed by atoms with Crippen molar-refractivity contribution in [1.82, 2.24) is 5.32 Å². The van der Waals surface area contributed by atoms with Gasteiger partial charge < -0.3 is 15.4 Å². The van der Waals surface area contributed by atoms with Crippen LogP contribution in [0.15, 0.2) is 42.5 Å². The number of halogens is 1. The van der Waals surface area contributed by atoms with Crippen molar-refractivity contribution in [3.05, 3.63) is 58.6 Å². The second kappa shape index (κ2) is 7.79. The third kappa shape index (κ3) is 3.99. The number of benzene rings is 2. The normalized spacial score (nSPS) is 16.3. The number of carbonyl (C=O) groups is 2. The summed E-state index contributed by atoms with van der Waals surface area (Å²) in [5.74, 6) is 0.163. The number of hydrogen-bond donors (Lipinski definition) is 2. The zero-order valence-electron chi connectivity index (χ0n) is 14.7. The van der Waals surface area contributed by atoms with Gasteiger partial charge in [0.1, 0.15) is 5.75 Å². The molecule has 2 aromatic carbocycles. The summed E-state index contributed by atoms with van der Waals surface area (Å²) in [7, 11) is 0. The van der Waals surface area contributed by atoms with Crippen LogP contribution in [0.25, 0.3) is 0 Å². The van der Waals surface area contributed by atoms with Gasteiger partial charge in [-0.1, -0.05) is 30.7 Å². The number of ether oxygens (including phenoxy) is 1. The Bertz CT molecular complexity index is 838. The van der Waals surface area contributed by atoms with E-state index in [-0.39, 0.29) is 17.9 Å². The van der Waals surface area contributed by atoms with Crippen LogP contribution in [0.5, 0.6) is 5.75 Å². The lowest BCUT2D eigenvalue weighted by molar-refractivity contribution is -0.122. The van der Waals surface area contributed by atoms with Crippen molar-refractivity contribution >= 4 is 29.1 Å². The van der Waals surface area contributed by atoms with Crippen LogP contribution < -0.4 is 15.4 Å². The molecule has 26 heavy (non-hydrogen) atoms. The lowest BCUT2D eigenvalue weighted by Gasteiger charge is -2.16. The van der Waals surface area contributed by atoms with E-state index in [1.807, 2.05) is 13.8 Å². The molecule has 0 aliphatic carbocycles. The summed E-state index contributed by atoms with van der Waals surface area (Å²) in [5, 5.41) is 6.34. The highest BCUT2D eigenvalue weighted by molar-refractivity contribution is 6.30. The molecule has 0 bridgehead atoms. The number of rotatable bonds is 5. The summed E-state index contributed by atoms with van der Waals surface area (Å²) < 4.78 is 5.71. The minimum Gasteiger partial charge on any atom is -0.480 e. The van der Waals surface area contributed by atoms with Gasteiger partial charge in [-0.3, -0.25) is 9.59 Å². The molecule has 2 N–H and O–H groups in total. The lowest BCUT2D eigenvalue weighted by Crippen LogP contribution is -2.34. The summed E-state index contributed by atoms with van der Waals surface area (Å²) in [6.07, 6.45) is 0.633. The van der Waals surface area contributed by atoms with Crippen LogP contribution in [0.3, 0.4) is 0 Å². The highest BCUT2D eigenvalue weighted by atomic mass is 35.5. The van der Waals surface area contributed by atoms with Gasteiger partial charge in [-0.25, -0.2) is 0 Å². The van der Waals surface area contributed by atoms with Crippen molar-refractivity contribution in [2.24, 2.45) is 0 Å². The van der Waals surface area contributed by atoms with E-state index in [2.05, 4.69) is 10.6 Å². The molecule has 0 spiro atoms. The Labute approximate surface area is 157 Å². The molecule has 0 saturated heterocycles. The molecule has 0 radical (unpaired) electrons. The maximum atomic E-state index is 12.6. The van der Waals surface area contributed by atoms with Gasteiger partial charge in [0.25, 0.3) is 11.8 Å². The van der Waals surface area contributed by atoms with Crippen LogP contribution in [-0.4, -0.2) is 24.0 Å². The van der Waals surface area contributed by atoms with E-state index in [1.165, 1.54) is 0 Å². The molecule has 2 amide bonds. The van der Waals surface area contributed by atoms with Gasteiger partial charge in [-0.2, -0.15) is 0 Å². The molecule has 0 unspecified atom stereocenters. The number of nitrogens with one attached hydrogen (secondary N) is 2. The molecular formula is C20H21ClN2O3. The Hall–Kier alpha value is -2.53. The molecule has 6 heteroatoms. The van der Waals surface area contributed by atoms with E-state index >= 15 is 0 Å². The fourth-order valence-corrected chi connectivity index (χ4v) is 2.97. The van der Waals surface area contributed by atoms with Gasteiger partial charge in [-0.05, 0) is 49.2 Å². The molecule has 1 aliphatic rings. The second-order valence-electron chi connectivity index (χ2n) is 6.38. The van der Waals surface area contributed by atoms with Crippen molar-refractivity contribution in [3.63, 3.8) is 0 Å². The molecule has 3 rings (SSSR count). The van der Waals surface area contributed by atoms with Crippen LogP contribution >= 0.6 is 11.6 Å². The third-order valence-electron chi connectivity index (χ3n) is 4.41. The predicted molar refractivity (Wildman–Crippen MR) is 102 cm³/mol. The summed E-state index contributed by atoms with van der Waals surface area (Å²) >= 11 is 5.99. The predicted octanol–water partition coefficient (Wildman–Crippen LogP) is 3.81. The smallest absolute Gasteiger partial charge is 0.265 e. The van der Waals surface area contributed by atoms with E-state index in [4.69, 9.17) is 16.3 Å². The Morgan fingerprint density at radius 2 is 2.04 bits per heavy atom. The number of hydrogen-bond acceptors (Lipinski definition) is 3. The van der Waals surface area contributed by atoms with Gasteiger partial charge >= 0.3 is 0 Å². The van der Waals surface area contributed by atoms with Gasteiger partial charge in [0.2, 0.25) is 0 Å². The highest BCUT2D eigenvalue weighted by Gasteiger charge is 2.30. The van der Waals surface area contributed by atoms with Crippen LogP contribution in [0.2, 0.25) is 5.02 Å². The van der Waals surface area contributed by atoms with Gasteiger partial charge in [0.05, 0.1) is 11.3 Å². The Kier molecular flexibility index (Phi) is 5.47. The third-order valence-corrected chi connectivity index (χ3v) is 4.64. The van der Waals surface area contributed by atoms with E-state index in [0.717, 1.165) is 12.0 Å². The quantitative estimate of drug-likeness (QED) is 0.838. The molecule has 2 atom stereocenters. The zero-order valence-corrected chi connectivity index (χ0v) is 15.5. The van der Waals surface area contributed by atoms with Gasteiger partial charge in [0.15, 0.2) is 6.10 Å². The Morgan fingerprint density at radius 3 is 2.81 bits per heavy atom. The van der Waals surface area contributed by atoms with E-state index < -0.39 is 6.10 Å². The van der Waals surface area contributed by atoms with Crippen LogP contribution in [0.4, 0.5) is 5.69 Å². The van der Waals surface area contributed by atoms with Crippen molar-refractivity contribution in [2.75, 3.05) is 5.32 Å². The number of amides is 2. The fourth-order valence-electron chi connectivity index (χ4n) is 2.77. The molecule has 136 valence electrons. The first-order valence-electron chi connectivity index (χ1n) is 8.63. The standard InChI is InChI=1S/C20H21ClN2O3/c1-3-12(2)22-19(24)15-6-4-5-7-16(15)23-20(25)18-11-13-10-14(21)8-9-17(13)26-18/h4-10,12,18H,3,11H2,1-2H3,(H,22,24)(H,23,25)/t12-,18+/m1/s1. The largest absolute Gasteiger partial charge is 0.480 e. The average molecular weight is 373 g/mol. The molecule has 0 aromatic heterocycles. The summed E-state index contributed by atoms with van der Waals surface area (Å²) in [5.41, 5.74) is 1.80. The maximum absolute atomic E-state index is 12.6. The summed E-state index contributed by atoms with van der Waals surface area (Å²) in [4.78, 5) is 25.1. The van der Waals surface area contributed by atoms with Crippen LogP contribution in [-0.2, 0) is 11.2 Å². The zero-order chi connectivity index (χ0) is 18.7. The van der Waals surface area contributed by atoms with Crippen molar-refractivity contribution in [1.29, 1.82) is 0 Å². The maximum Gasteiger partial charge on any atom is 0.265 e. The molecule has 2 aromatic rings. The lowest BCUT2D eigenvalue weighted by atomic mass is 10.1. The number of para-hydroxylation sites is 1. The monoisotopic (exact) mass is 372 g/mol. The Balaban J connectivity index is 1.72. The van der Waals surface area contributed by atoms with Crippen molar-refractivity contribution in [2.45, 2.75) is 38.8 Å². The molecule has 0 fully saturated rings. The van der Waals surface area contributed by atoms with E-state index in [0.29, 0.717) is 28.4 Å². The first-order chi connectivity index (χ1) is 12.5. The number of anilines is 1. The first-order valence-corrected chi connectivity index (χ1v) is 9.01. The average Bonchev–Trinajstić information content (AvgIpc) is 3.05. The van der Waals surface area contributed by atoms with E-state index in [9.17, 15) is 9.59 Å². The van der Waals surface area contributed by atoms with E-state index in [1.54, 1.807) is 42.5 Å². The molecule has 1 heterocycles. The highest BCUT2D eigenvalue weighted by Crippen LogP contribution is 2.31. The topological polar surface area (TPSA) is 67.4 Å². The molecular weight excluding hydrogens is 352 g/mol. The number of fused-ring (bicyclic) bond motifs is 1. The van der Waals surface area contributed by atoms with Crippen molar-refractivity contribution in [3.8, 4) is 5.75 Å². The van der Waals surface area contributed by atoms with Crippen molar-refractivity contribution < 1.29 is 14.3 Å². The van der Waals surface area contributed by atoms with Crippen LogP contribution in [0, 0.1) is 0 Å². The Morgan fingerprint density at radius 1 is 1.27 bits per heavy atom. The number of carbonyl (C=O) groups excluding carboxylic acids is 2. The first kappa shape index (κ1) is 18.3. The summed E-state index contributed by atoms with van der Waals surface area (Å²) in [6.45, 7) is 3.94. The minimum atomic E-state index is -0.644.